The molecule has 2 rings (SSSR count). The highest BCUT2D eigenvalue weighted by molar-refractivity contribution is 6.28. The first-order valence-corrected chi connectivity index (χ1v) is 6.08. The predicted octanol–water partition coefficient (Wildman–Crippen LogP) is 2.30. The molecule has 2 aromatic rings. The van der Waals surface area contributed by atoms with Gasteiger partial charge in [0.1, 0.15) is 5.82 Å². The molecule has 0 N–H and O–H groups in total. The number of aromatic nitrogens is 4. The van der Waals surface area contributed by atoms with E-state index in [4.69, 9.17) is 16.3 Å². The molecule has 0 aliphatic carbocycles. The smallest absolute Gasteiger partial charge is 0.320 e. The van der Waals surface area contributed by atoms with Crippen molar-refractivity contribution in [3.8, 4) is 6.01 Å². The molecule has 2 aromatic heterocycles. The Hall–Kier alpha value is -1.75. The van der Waals surface area contributed by atoms with E-state index in [9.17, 15) is 0 Å². The Morgan fingerprint density at radius 2 is 2.17 bits per heavy atom. The van der Waals surface area contributed by atoms with Crippen LogP contribution >= 0.6 is 11.6 Å². The SMILES string of the molecule is CCCOc1nc(Cl)nc(Cc2cccnc2)n1. The van der Waals surface area contributed by atoms with Gasteiger partial charge in [0.25, 0.3) is 0 Å². The monoisotopic (exact) mass is 264 g/mol. The minimum Gasteiger partial charge on any atom is -0.463 e. The van der Waals surface area contributed by atoms with Crippen LogP contribution in [0.4, 0.5) is 0 Å². The van der Waals surface area contributed by atoms with E-state index in [1.807, 2.05) is 19.1 Å². The minimum atomic E-state index is 0.148. The van der Waals surface area contributed by atoms with E-state index in [1.54, 1.807) is 12.4 Å². The molecule has 94 valence electrons. The van der Waals surface area contributed by atoms with Crippen LogP contribution in [0.15, 0.2) is 24.5 Å². The zero-order valence-corrected chi connectivity index (χ0v) is 10.8. The third-order valence-electron chi connectivity index (χ3n) is 2.15. The number of pyridine rings is 1. The summed E-state index contributed by atoms with van der Waals surface area (Å²) < 4.78 is 5.35. The van der Waals surface area contributed by atoms with Crippen LogP contribution in [0.5, 0.6) is 6.01 Å². The lowest BCUT2D eigenvalue weighted by atomic mass is 10.2. The van der Waals surface area contributed by atoms with Crippen LogP contribution in [0, 0.1) is 0 Å². The van der Waals surface area contributed by atoms with Crippen LogP contribution in [0.2, 0.25) is 5.28 Å². The first-order chi connectivity index (χ1) is 8.78. The van der Waals surface area contributed by atoms with Gasteiger partial charge in [0.2, 0.25) is 5.28 Å². The Balaban J connectivity index is 2.15. The molecule has 0 fully saturated rings. The van der Waals surface area contributed by atoms with Gasteiger partial charge in [-0.25, -0.2) is 4.98 Å². The first-order valence-electron chi connectivity index (χ1n) is 5.70. The Morgan fingerprint density at radius 3 is 2.89 bits per heavy atom. The summed E-state index contributed by atoms with van der Waals surface area (Å²) in [6.45, 7) is 2.58. The number of hydrogen-bond acceptors (Lipinski definition) is 5. The molecule has 0 saturated heterocycles. The molecule has 0 aliphatic heterocycles. The molecule has 0 spiro atoms. The van der Waals surface area contributed by atoms with Crippen molar-refractivity contribution < 1.29 is 4.74 Å². The maximum atomic E-state index is 5.84. The van der Waals surface area contributed by atoms with E-state index in [2.05, 4.69) is 19.9 Å². The van der Waals surface area contributed by atoms with Crippen LogP contribution in [0.3, 0.4) is 0 Å². The summed E-state index contributed by atoms with van der Waals surface area (Å²) in [4.78, 5) is 16.2. The Morgan fingerprint density at radius 1 is 1.28 bits per heavy atom. The number of nitrogens with zero attached hydrogens (tertiary/aromatic N) is 4. The highest BCUT2D eigenvalue weighted by Crippen LogP contribution is 2.11. The van der Waals surface area contributed by atoms with Gasteiger partial charge in [0.15, 0.2) is 0 Å². The van der Waals surface area contributed by atoms with Crippen molar-refractivity contribution >= 4 is 11.6 Å². The third-order valence-corrected chi connectivity index (χ3v) is 2.32. The standard InChI is InChI=1S/C12H13ClN4O/c1-2-6-18-12-16-10(15-11(13)17-12)7-9-4-3-5-14-8-9/h3-5,8H,2,6-7H2,1H3. The van der Waals surface area contributed by atoms with Gasteiger partial charge < -0.3 is 4.74 Å². The quantitative estimate of drug-likeness (QED) is 0.829. The van der Waals surface area contributed by atoms with Crippen LogP contribution in [-0.2, 0) is 6.42 Å². The molecule has 0 saturated carbocycles. The first kappa shape index (κ1) is 12.7. The molecule has 0 aromatic carbocycles. The average Bonchev–Trinajstić information content (AvgIpc) is 2.37. The normalized spacial score (nSPS) is 10.3. The third kappa shape index (κ3) is 3.63. The summed E-state index contributed by atoms with van der Waals surface area (Å²) in [6, 6.07) is 4.10. The van der Waals surface area contributed by atoms with Crippen LogP contribution in [-0.4, -0.2) is 26.5 Å². The largest absolute Gasteiger partial charge is 0.463 e. The van der Waals surface area contributed by atoms with Gasteiger partial charge in [-0.3, -0.25) is 4.98 Å². The van der Waals surface area contributed by atoms with Gasteiger partial charge in [-0.2, -0.15) is 9.97 Å². The fourth-order valence-corrected chi connectivity index (χ4v) is 1.56. The van der Waals surface area contributed by atoms with Crippen molar-refractivity contribution in [2.24, 2.45) is 0 Å². The molecule has 0 bridgehead atoms. The molecule has 5 nitrogen and oxygen atoms in total. The lowest BCUT2D eigenvalue weighted by molar-refractivity contribution is 0.290. The average molecular weight is 265 g/mol. The zero-order valence-electron chi connectivity index (χ0n) is 10.0. The van der Waals surface area contributed by atoms with Crippen molar-refractivity contribution in [2.45, 2.75) is 19.8 Å². The molecular weight excluding hydrogens is 252 g/mol. The molecule has 0 aliphatic rings. The summed E-state index contributed by atoms with van der Waals surface area (Å²) in [6.07, 6.45) is 4.93. The number of hydrogen-bond donors (Lipinski definition) is 0. The highest BCUT2D eigenvalue weighted by atomic mass is 35.5. The number of ether oxygens (including phenoxy) is 1. The van der Waals surface area contributed by atoms with Crippen molar-refractivity contribution in [1.29, 1.82) is 0 Å². The van der Waals surface area contributed by atoms with Crippen molar-refractivity contribution in [1.82, 2.24) is 19.9 Å². The fourth-order valence-electron chi connectivity index (χ4n) is 1.39. The van der Waals surface area contributed by atoms with E-state index >= 15 is 0 Å². The summed E-state index contributed by atoms with van der Waals surface area (Å²) in [5.41, 5.74) is 1.02. The van der Waals surface area contributed by atoms with Gasteiger partial charge in [-0.05, 0) is 29.7 Å². The topological polar surface area (TPSA) is 60.8 Å². The van der Waals surface area contributed by atoms with Crippen LogP contribution in [0.1, 0.15) is 24.7 Å². The zero-order chi connectivity index (χ0) is 12.8. The van der Waals surface area contributed by atoms with Gasteiger partial charge in [-0.15, -0.1) is 0 Å². The highest BCUT2D eigenvalue weighted by Gasteiger charge is 2.06. The maximum absolute atomic E-state index is 5.84. The van der Waals surface area contributed by atoms with E-state index in [1.165, 1.54) is 0 Å². The van der Waals surface area contributed by atoms with Crippen molar-refractivity contribution in [3.05, 3.63) is 41.2 Å². The number of halogens is 1. The molecular formula is C12H13ClN4O. The minimum absolute atomic E-state index is 0.148. The second-order valence-electron chi connectivity index (χ2n) is 3.69. The van der Waals surface area contributed by atoms with Gasteiger partial charge in [0, 0.05) is 18.8 Å². The number of rotatable bonds is 5. The van der Waals surface area contributed by atoms with Crippen LogP contribution < -0.4 is 4.74 Å². The summed E-state index contributed by atoms with van der Waals surface area (Å²) >= 11 is 5.84. The van der Waals surface area contributed by atoms with E-state index in [0.717, 1.165) is 12.0 Å². The lowest BCUT2D eigenvalue weighted by Crippen LogP contribution is -2.05. The second kappa shape index (κ2) is 6.26. The van der Waals surface area contributed by atoms with E-state index in [-0.39, 0.29) is 11.3 Å². The van der Waals surface area contributed by atoms with Crippen molar-refractivity contribution in [3.63, 3.8) is 0 Å². The van der Waals surface area contributed by atoms with Gasteiger partial charge in [-0.1, -0.05) is 13.0 Å². The summed E-state index contributed by atoms with van der Waals surface area (Å²) in [5.74, 6) is 0.578. The fraction of sp³-hybridized carbons (Fsp3) is 0.333. The molecule has 6 heteroatoms. The van der Waals surface area contributed by atoms with Crippen LogP contribution in [0.25, 0.3) is 0 Å². The molecule has 18 heavy (non-hydrogen) atoms. The molecule has 0 radical (unpaired) electrons. The molecule has 0 unspecified atom stereocenters. The van der Waals surface area contributed by atoms with E-state index < -0.39 is 0 Å². The Kier molecular flexibility index (Phi) is 4.41. The Bertz CT molecular complexity index is 507. The molecule has 0 atom stereocenters. The maximum Gasteiger partial charge on any atom is 0.320 e. The second-order valence-corrected chi connectivity index (χ2v) is 4.03. The molecule has 2 heterocycles. The predicted molar refractivity (Wildman–Crippen MR) is 67.7 cm³/mol. The summed E-state index contributed by atoms with van der Waals surface area (Å²) in [7, 11) is 0. The summed E-state index contributed by atoms with van der Waals surface area (Å²) in [5, 5.41) is 0.148. The van der Waals surface area contributed by atoms with Crippen molar-refractivity contribution in [2.75, 3.05) is 6.61 Å². The lowest BCUT2D eigenvalue weighted by Gasteiger charge is -2.05. The van der Waals surface area contributed by atoms with E-state index in [0.29, 0.717) is 18.9 Å². The Labute approximate surface area is 110 Å². The van der Waals surface area contributed by atoms with Gasteiger partial charge >= 0.3 is 6.01 Å². The van der Waals surface area contributed by atoms with Gasteiger partial charge in [0.05, 0.1) is 6.61 Å². The molecule has 0 amide bonds.